The molecule has 192 valence electrons. The van der Waals surface area contributed by atoms with Gasteiger partial charge in [0, 0.05) is 24.1 Å². The quantitative estimate of drug-likeness (QED) is 0.354. The molecule has 2 aromatic heterocycles. The van der Waals surface area contributed by atoms with Crippen LogP contribution in [0.5, 0.6) is 0 Å². The van der Waals surface area contributed by atoms with E-state index in [0.717, 1.165) is 31.4 Å². The van der Waals surface area contributed by atoms with Gasteiger partial charge in [-0.15, -0.1) is 0 Å². The fourth-order valence-electron chi connectivity index (χ4n) is 5.23. The summed E-state index contributed by atoms with van der Waals surface area (Å²) < 4.78 is 30.5. The number of hydrogen-bond acceptors (Lipinski definition) is 7. The third kappa shape index (κ3) is 5.08. The van der Waals surface area contributed by atoms with Crippen LogP contribution in [0.1, 0.15) is 57.4 Å². The maximum absolute atomic E-state index is 14.6. The molecule has 12 heteroatoms. The number of carbonyl (C=O) groups excluding carboxylic acids is 1. The van der Waals surface area contributed by atoms with Crippen LogP contribution in [0.3, 0.4) is 0 Å². The molecule has 9 nitrogen and oxygen atoms in total. The van der Waals surface area contributed by atoms with Crippen molar-refractivity contribution in [1.29, 1.82) is 0 Å². The van der Waals surface area contributed by atoms with Crippen molar-refractivity contribution >= 4 is 46.3 Å². The molecule has 5 rings (SSSR count). The van der Waals surface area contributed by atoms with Gasteiger partial charge in [-0.25, -0.2) is 18.7 Å². The molecular weight excluding hydrogens is 492 g/mol. The third-order valence-electron chi connectivity index (χ3n) is 7.13. The van der Waals surface area contributed by atoms with Gasteiger partial charge in [0.25, 0.3) is 0 Å². The lowest BCUT2D eigenvalue weighted by Gasteiger charge is -2.29. The van der Waals surface area contributed by atoms with Crippen molar-refractivity contribution in [2.24, 2.45) is 11.7 Å². The number of anilines is 3. The standard InChI is InChI=1S/C24H28ClF2N7O2/c25-16-9-18(27)19(10-17(16)26)31-24-32-20-11-29-23(30-13-2-1-3-15(35)8-13)33-22(20)34(24)14-6-4-12(5-7-14)21(28)36/h9-15,35H,1-8H2,(H2,28,36)(H,31,32)(H,29,30,33)/t12?,13-,14?,15+/m1/s1. The lowest BCUT2D eigenvalue weighted by Crippen LogP contribution is -2.30. The molecule has 2 saturated carbocycles. The average molecular weight is 520 g/mol. The Morgan fingerprint density at radius 3 is 2.61 bits per heavy atom. The van der Waals surface area contributed by atoms with Crippen molar-refractivity contribution in [2.45, 2.75) is 69.6 Å². The molecule has 5 N–H and O–H groups in total. The molecule has 36 heavy (non-hydrogen) atoms. The number of carbonyl (C=O) groups is 1. The maximum Gasteiger partial charge on any atom is 0.224 e. The van der Waals surface area contributed by atoms with E-state index in [0.29, 0.717) is 49.2 Å². The monoisotopic (exact) mass is 519 g/mol. The Hall–Kier alpha value is -3.05. The zero-order chi connectivity index (χ0) is 25.4. The number of aliphatic hydroxyl groups is 1. The number of nitrogens with one attached hydrogen (secondary N) is 2. The van der Waals surface area contributed by atoms with E-state index in [1.807, 2.05) is 4.57 Å². The van der Waals surface area contributed by atoms with Gasteiger partial charge in [-0.05, 0) is 57.4 Å². The van der Waals surface area contributed by atoms with E-state index in [4.69, 9.17) is 22.3 Å². The zero-order valence-electron chi connectivity index (χ0n) is 19.6. The molecule has 2 fully saturated rings. The molecular formula is C24H28ClF2N7O2. The highest BCUT2D eigenvalue weighted by atomic mass is 35.5. The van der Waals surface area contributed by atoms with Gasteiger partial charge < -0.3 is 21.5 Å². The van der Waals surface area contributed by atoms with Gasteiger partial charge in [-0.3, -0.25) is 9.36 Å². The lowest BCUT2D eigenvalue weighted by atomic mass is 9.85. The van der Waals surface area contributed by atoms with Crippen molar-refractivity contribution in [1.82, 2.24) is 19.5 Å². The van der Waals surface area contributed by atoms with E-state index < -0.39 is 11.6 Å². The number of nitrogens with zero attached hydrogens (tertiary/aromatic N) is 4. The van der Waals surface area contributed by atoms with Crippen molar-refractivity contribution in [2.75, 3.05) is 10.6 Å². The Labute approximate surface area is 211 Å². The van der Waals surface area contributed by atoms with E-state index in [2.05, 4.69) is 20.6 Å². The topological polar surface area (TPSA) is 131 Å². The molecule has 2 heterocycles. The van der Waals surface area contributed by atoms with E-state index in [1.54, 1.807) is 6.20 Å². The molecule has 2 aliphatic rings. The van der Waals surface area contributed by atoms with Crippen LogP contribution in [0.4, 0.5) is 26.4 Å². The van der Waals surface area contributed by atoms with Crippen molar-refractivity contribution < 1.29 is 18.7 Å². The predicted molar refractivity (Wildman–Crippen MR) is 132 cm³/mol. The van der Waals surface area contributed by atoms with Crippen LogP contribution < -0.4 is 16.4 Å². The lowest BCUT2D eigenvalue weighted by molar-refractivity contribution is -0.122. The number of imidazole rings is 1. The molecule has 0 saturated heterocycles. The largest absolute Gasteiger partial charge is 0.393 e. The second kappa shape index (κ2) is 10.1. The number of nitrogens with two attached hydrogens (primary N) is 1. The van der Waals surface area contributed by atoms with E-state index in [-0.39, 0.29) is 46.7 Å². The minimum Gasteiger partial charge on any atom is -0.393 e. The molecule has 2 atom stereocenters. The van der Waals surface area contributed by atoms with Crippen molar-refractivity contribution in [3.63, 3.8) is 0 Å². The molecule has 1 amide bonds. The van der Waals surface area contributed by atoms with Crippen LogP contribution in [0.25, 0.3) is 11.2 Å². The summed E-state index contributed by atoms with van der Waals surface area (Å²) in [7, 11) is 0. The first-order chi connectivity index (χ1) is 17.3. The molecule has 0 aliphatic heterocycles. The highest BCUT2D eigenvalue weighted by Gasteiger charge is 2.30. The highest BCUT2D eigenvalue weighted by Crippen LogP contribution is 2.37. The summed E-state index contributed by atoms with van der Waals surface area (Å²) in [6.07, 6.45) is 6.97. The number of halogens is 3. The molecule has 3 aromatic rings. The number of aromatic nitrogens is 4. The number of fused-ring (bicyclic) bond motifs is 1. The Kier molecular flexibility index (Phi) is 6.94. The molecule has 0 unspecified atom stereocenters. The van der Waals surface area contributed by atoms with Gasteiger partial charge in [0.15, 0.2) is 5.65 Å². The minimum absolute atomic E-state index is 0.0531. The van der Waals surface area contributed by atoms with Crippen LogP contribution in [0.2, 0.25) is 5.02 Å². The molecule has 0 radical (unpaired) electrons. The van der Waals surface area contributed by atoms with Gasteiger partial charge in [0.1, 0.15) is 17.2 Å². The Morgan fingerprint density at radius 1 is 1.11 bits per heavy atom. The van der Waals surface area contributed by atoms with Gasteiger partial charge in [-0.1, -0.05) is 11.6 Å². The van der Waals surface area contributed by atoms with Gasteiger partial charge in [-0.2, -0.15) is 4.98 Å². The first kappa shape index (κ1) is 24.6. The Balaban J connectivity index is 1.51. The smallest absolute Gasteiger partial charge is 0.224 e. The van der Waals surface area contributed by atoms with Gasteiger partial charge >= 0.3 is 0 Å². The fourth-order valence-corrected chi connectivity index (χ4v) is 5.38. The second-order valence-electron chi connectivity index (χ2n) is 9.65. The normalized spacial score (nSPS) is 24.6. The number of aliphatic hydroxyl groups excluding tert-OH is 1. The van der Waals surface area contributed by atoms with E-state index in [1.165, 1.54) is 0 Å². The molecule has 0 spiro atoms. The van der Waals surface area contributed by atoms with Crippen LogP contribution >= 0.6 is 11.6 Å². The number of rotatable bonds is 6. The number of amides is 1. The van der Waals surface area contributed by atoms with Crippen LogP contribution in [0.15, 0.2) is 18.3 Å². The summed E-state index contributed by atoms with van der Waals surface area (Å²) in [6.45, 7) is 0. The van der Waals surface area contributed by atoms with Crippen molar-refractivity contribution in [3.8, 4) is 0 Å². The SMILES string of the molecule is NC(=O)C1CCC(n2c(Nc3cc(F)c(Cl)cc3F)nc3cnc(N[C@@H]4CCC[C@H](O)C4)nc32)CC1. The Morgan fingerprint density at radius 2 is 1.89 bits per heavy atom. The minimum atomic E-state index is -0.758. The van der Waals surface area contributed by atoms with E-state index in [9.17, 15) is 18.7 Å². The summed E-state index contributed by atoms with van der Waals surface area (Å²) in [5, 5.41) is 15.9. The number of primary amides is 1. The fraction of sp³-hybridized carbons (Fsp3) is 0.500. The van der Waals surface area contributed by atoms with E-state index >= 15 is 0 Å². The number of hydrogen-bond donors (Lipinski definition) is 4. The number of benzene rings is 1. The predicted octanol–water partition coefficient (Wildman–Crippen LogP) is 4.43. The van der Waals surface area contributed by atoms with Gasteiger partial charge in [0.05, 0.1) is 23.0 Å². The first-order valence-corrected chi connectivity index (χ1v) is 12.6. The van der Waals surface area contributed by atoms with Crippen LogP contribution in [-0.4, -0.2) is 42.7 Å². The second-order valence-corrected chi connectivity index (χ2v) is 10.1. The average Bonchev–Trinajstić information content (AvgIpc) is 3.19. The summed E-state index contributed by atoms with van der Waals surface area (Å²) in [5.74, 6) is -1.30. The van der Waals surface area contributed by atoms with Crippen molar-refractivity contribution in [3.05, 3.63) is 35.0 Å². The summed E-state index contributed by atoms with van der Waals surface area (Å²) in [4.78, 5) is 25.4. The molecule has 2 aliphatic carbocycles. The Bertz CT molecular complexity index is 1280. The third-order valence-corrected chi connectivity index (χ3v) is 7.42. The maximum atomic E-state index is 14.6. The highest BCUT2D eigenvalue weighted by molar-refractivity contribution is 6.30. The zero-order valence-corrected chi connectivity index (χ0v) is 20.3. The molecule has 0 bridgehead atoms. The summed E-state index contributed by atoms with van der Waals surface area (Å²) in [6, 6.07) is 1.85. The molecule has 1 aromatic carbocycles. The van der Waals surface area contributed by atoms with Crippen LogP contribution in [0, 0.1) is 17.6 Å². The first-order valence-electron chi connectivity index (χ1n) is 12.2. The summed E-state index contributed by atoms with van der Waals surface area (Å²) in [5.41, 5.74) is 6.42. The summed E-state index contributed by atoms with van der Waals surface area (Å²) >= 11 is 5.71. The van der Waals surface area contributed by atoms with Gasteiger partial charge in [0.2, 0.25) is 17.8 Å². The van der Waals surface area contributed by atoms with Crippen LogP contribution in [-0.2, 0) is 4.79 Å².